The number of pyridine rings is 1. The first-order chi connectivity index (χ1) is 13.9. The minimum Gasteiger partial charge on any atom is -0.346 e. The molecule has 29 heavy (non-hydrogen) atoms. The molecule has 2 aromatic rings. The SMILES string of the molecule is CC1CN(C(=O)C2(C)CCC2)CC=C1c1cc(NC(=O)C2CC2)nc2[nH]ccc12. The Morgan fingerprint density at radius 2 is 2.10 bits per heavy atom. The van der Waals surface area contributed by atoms with Gasteiger partial charge in [-0.1, -0.05) is 26.3 Å². The second-order valence-electron chi connectivity index (χ2n) is 9.24. The molecule has 6 nitrogen and oxygen atoms in total. The van der Waals surface area contributed by atoms with Crippen LogP contribution in [0, 0.1) is 17.3 Å². The quantitative estimate of drug-likeness (QED) is 0.827. The van der Waals surface area contributed by atoms with Crippen LogP contribution in [0.2, 0.25) is 0 Å². The average Bonchev–Trinajstić information content (AvgIpc) is 3.43. The Morgan fingerprint density at radius 3 is 2.76 bits per heavy atom. The third kappa shape index (κ3) is 3.24. The number of hydrogen-bond acceptors (Lipinski definition) is 3. The summed E-state index contributed by atoms with van der Waals surface area (Å²) in [6.07, 6.45) is 9.17. The maximum absolute atomic E-state index is 12.9. The van der Waals surface area contributed by atoms with Crippen LogP contribution in [0.5, 0.6) is 0 Å². The van der Waals surface area contributed by atoms with Gasteiger partial charge in [-0.15, -0.1) is 0 Å². The second-order valence-corrected chi connectivity index (χ2v) is 9.24. The molecule has 152 valence electrons. The number of nitrogens with one attached hydrogen (secondary N) is 2. The average molecular weight is 393 g/mol. The highest BCUT2D eigenvalue weighted by Gasteiger charge is 2.42. The largest absolute Gasteiger partial charge is 0.346 e. The molecule has 1 aliphatic heterocycles. The topological polar surface area (TPSA) is 78.1 Å². The van der Waals surface area contributed by atoms with E-state index in [9.17, 15) is 9.59 Å². The molecular formula is C23H28N4O2. The summed E-state index contributed by atoms with van der Waals surface area (Å²) in [4.78, 5) is 34.9. The molecule has 0 bridgehead atoms. The van der Waals surface area contributed by atoms with Crippen molar-refractivity contribution < 1.29 is 9.59 Å². The maximum Gasteiger partial charge on any atom is 0.228 e. The van der Waals surface area contributed by atoms with Crippen molar-refractivity contribution >= 4 is 34.2 Å². The van der Waals surface area contributed by atoms with E-state index in [4.69, 9.17) is 0 Å². The number of hydrogen-bond donors (Lipinski definition) is 2. The maximum atomic E-state index is 12.9. The number of aromatic amines is 1. The zero-order valence-electron chi connectivity index (χ0n) is 17.1. The molecule has 2 amide bonds. The van der Waals surface area contributed by atoms with Gasteiger partial charge in [-0.25, -0.2) is 4.98 Å². The van der Waals surface area contributed by atoms with Crippen molar-refractivity contribution in [3.05, 3.63) is 30.0 Å². The van der Waals surface area contributed by atoms with Crippen LogP contribution in [0.1, 0.15) is 51.5 Å². The first-order valence-corrected chi connectivity index (χ1v) is 10.7. The summed E-state index contributed by atoms with van der Waals surface area (Å²) < 4.78 is 0. The fourth-order valence-electron chi connectivity index (χ4n) is 4.67. The van der Waals surface area contributed by atoms with E-state index in [-0.39, 0.29) is 23.2 Å². The van der Waals surface area contributed by atoms with Gasteiger partial charge in [0.15, 0.2) is 0 Å². The van der Waals surface area contributed by atoms with Crippen molar-refractivity contribution in [1.82, 2.24) is 14.9 Å². The molecule has 0 saturated heterocycles. The van der Waals surface area contributed by atoms with Crippen molar-refractivity contribution in [3.8, 4) is 0 Å². The third-order valence-corrected chi connectivity index (χ3v) is 6.86. The van der Waals surface area contributed by atoms with Crippen molar-refractivity contribution in [2.75, 3.05) is 18.4 Å². The Kier molecular flexibility index (Phi) is 4.26. The molecule has 2 aromatic heterocycles. The highest BCUT2D eigenvalue weighted by Crippen LogP contribution is 2.43. The zero-order valence-corrected chi connectivity index (χ0v) is 17.1. The van der Waals surface area contributed by atoms with Crippen molar-refractivity contribution in [2.45, 2.75) is 46.0 Å². The van der Waals surface area contributed by atoms with Crippen LogP contribution in [0.15, 0.2) is 24.4 Å². The van der Waals surface area contributed by atoms with E-state index < -0.39 is 0 Å². The van der Waals surface area contributed by atoms with Gasteiger partial charge in [-0.2, -0.15) is 0 Å². The van der Waals surface area contributed by atoms with Crippen LogP contribution in [0.3, 0.4) is 0 Å². The summed E-state index contributed by atoms with van der Waals surface area (Å²) in [6, 6.07) is 4.02. The molecule has 1 atom stereocenters. The smallest absolute Gasteiger partial charge is 0.228 e. The lowest BCUT2D eigenvalue weighted by atomic mass is 9.69. The third-order valence-electron chi connectivity index (χ3n) is 6.86. The number of fused-ring (bicyclic) bond motifs is 1. The summed E-state index contributed by atoms with van der Waals surface area (Å²) in [5.74, 6) is 1.32. The van der Waals surface area contributed by atoms with Crippen LogP contribution in [-0.4, -0.2) is 39.8 Å². The van der Waals surface area contributed by atoms with E-state index in [1.165, 1.54) is 5.57 Å². The Bertz CT molecular complexity index is 1010. The summed E-state index contributed by atoms with van der Waals surface area (Å²) in [6.45, 7) is 5.66. The summed E-state index contributed by atoms with van der Waals surface area (Å²) in [5.41, 5.74) is 2.94. The lowest BCUT2D eigenvalue weighted by molar-refractivity contribution is -0.146. The minimum absolute atomic E-state index is 0.0607. The number of rotatable bonds is 4. The minimum atomic E-state index is -0.157. The number of carbonyl (C=O) groups is 2. The Hall–Kier alpha value is -2.63. The monoisotopic (exact) mass is 392 g/mol. The Morgan fingerprint density at radius 1 is 1.31 bits per heavy atom. The predicted octanol–water partition coefficient (Wildman–Crippen LogP) is 3.96. The van der Waals surface area contributed by atoms with Crippen LogP contribution < -0.4 is 5.32 Å². The molecule has 6 heteroatoms. The fourth-order valence-corrected chi connectivity index (χ4v) is 4.67. The standard InChI is InChI=1S/C23H28N4O2/c1-14-13-27(22(29)23(2)8-3-9-23)11-7-16(14)18-12-19(26-21(28)15-4-5-15)25-20-17(18)6-10-24-20/h6-7,10,12,14-15H,3-5,8-9,11,13H2,1-2H3,(H2,24,25,26,28). The van der Waals surface area contributed by atoms with E-state index in [0.717, 1.165) is 55.2 Å². The number of aromatic nitrogens is 2. The van der Waals surface area contributed by atoms with Gasteiger partial charge in [-0.05, 0) is 54.9 Å². The zero-order chi connectivity index (χ0) is 20.2. The van der Waals surface area contributed by atoms with Crippen LogP contribution in [0.4, 0.5) is 5.82 Å². The Labute approximate surface area is 170 Å². The molecule has 2 aliphatic carbocycles. The number of amides is 2. The highest BCUT2D eigenvalue weighted by atomic mass is 16.2. The summed E-state index contributed by atoms with van der Waals surface area (Å²) in [5, 5.41) is 4.03. The molecule has 2 fully saturated rings. The second kappa shape index (κ2) is 6.71. The molecule has 1 unspecified atom stereocenters. The number of H-pyrrole nitrogens is 1. The normalized spacial score (nSPS) is 23.4. The van der Waals surface area contributed by atoms with E-state index in [1.807, 2.05) is 23.2 Å². The Balaban J connectivity index is 1.44. The van der Waals surface area contributed by atoms with Gasteiger partial charge < -0.3 is 15.2 Å². The van der Waals surface area contributed by atoms with Crippen molar-refractivity contribution in [2.24, 2.45) is 17.3 Å². The van der Waals surface area contributed by atoms with E-state index >= 15 is 0 Å². The summed E-state index contributed by atoms with van der Waals surface area (Å²) >= 11 is 0. The van der Waals surface area contributed by atoms with Gasteiger partial charge in [0.05, 0.1) is 0 Å². The van der Waals surface area contributed by atoms with Crippen LogP contribution in [-0.2, 0) is 9.59 Å². The molecule has 2 N–H and O–H groups in total. The number of nitrogens with zero attached hydrogens (tertiary/aromatic N) is 2. The van der Waals surface area contributed by atoms with E-state index in [1.54, 1.807) is 0 Å². The van der Waals surface area contributed by atoms with Gasteiger partial charge in [-0.3, -0.25) is 9.59 Å². The molecular weight excluding hydrogens is 364 g/mol. The predicted molar refractivity (Wildman–Crippen MR) is 113 cm³/mol. The lowest BCUT2D eigenvalue weighted by Crippen LogP contribution is -2.48. The summed E-state index contributed by atoms with van der Waals surface area (Å²) in [7, 11) is 0. The van der Waals surface area contributed by atoms with Crippen LogP contribution >= 0.6 is 0 Å². The van der Waals surface area contributed by atoms with Crippen LogP contribution in [0.25, 0.3) is 16.6 Å². The molecule has 5 rings (SSSR count). The van der Waals surface area contributed by atoms with Crippen molar-refractivity contribution in [1.29, 1.82) is 0 Å². The first-order valence-electron chi connectivity index (χ1n) is 10.7. The fraction of sp³-hybridized carbons (Fsp3) is 0.522. The van der Waals surface area contributed by atoms with Gasteiger partial charge in [0, 0.05) is 36.0 Å². The first kappa shape index (κ1) is 18.4. The number of anilines is 1. The molecule has 0 aromatic carbocycles. The highest BCUT2D eigenvalue weighted by molar-refractivity contribution is 5.97. The van der Waals surface area contributed by atoms with Gasteiger partial charge >= 0.3 is 0 Å². The lowest BCUT2D eigenvalue weighted by Gasteiger charge is -2.42. The van der Waals surface area contributed by atoms with Gasteiger partial charge in [0.25, 0.3) is 0 Å². The van der Waals surface area contributed by atoms with Gasteiger partial charge in [0.1, 0.15) is 11.5 Å². The van der Waals surface area contributed by atoms with Crippen molar-refractivity contribution in [3.63, 3.8) is 0 Å². The molecule has 0 radical (unpaired) electrons. The van der Waals surface area contributed by atoms with E-state index in [0.29, 0.717) is 18.3 Å². The molecule has 0 spiro atoms. The molecule has 3 aliphatic rings. The van der Waals surface area contributed by atoms with E-state index in [2.05, 4.69) is 35.2 Å². The van der Waals surface area contributed by atoms with Gasteiger partial charge in [0.2, 0.25) is 11.8 Å². The number of carbonyl (C=O) groups excluding carboxylic acids is 2. The molecule has 2 saturated carbocycles. The molecule has 3 heterocycles.